The topological polar surface area (TPSA) is 84.7 Å². The van der Waals surface area contributed by atoms with Gasteiger partial charge in [0.15, 0.2) is 23.3 Å². The molecule has 3 heterocycles. The molecule has 6 nitrogen and oxygen atoms in total. The zero-order valence-electron chi connectivity index (χ0n) is 26.6. The number of phenolic OH excluding ortho intramolecular Hbond substituents is 1. The maximum absolute atomic E-state index is 11.5. The van der Waals surface area contributed by atoms with E-state index in [1.54, 1.807) is 17.4 Å². The summed E-state index contributed by atoms with van der Waals surface area (Å²) in [6.45, 7) is 0. The maximum atomic E-state index is 11.5. The third kappa shape index (κ3) is 5.45. The number of thiophene rings is 1. The molecule has 0 bridgehead atoms. The number of nitrogens with zero attached hydrogens (tertiary/aromatic N) is 5. The predicted octanol–water partition coefficient (Wildman–Crippen LogP) is 10.7. The molecule has 0 unspecified atom stereocenters. The number of aromatic hydroxyl groups is 1. The van der Waals surface area contributed by atoms with Crippen LogP contribution < -0.4 is 0 Å². The number of benzene rings is 6. The van der Waals surface area contributed by atoms with E-state index in [1.807, 2.05) is 121 Å². The summed E-state index contributed by atoms with van der Waals surface area (Å²) in [5, 5.41) is 12.6. The molecule has 9 rings (SSSR count). The highest BCUT2D eigenvalue weighted by Crippen LogP contribution is 2.41. The first-order valence-electron chi connectivity index (χ1n) is 16.2. The van der Waals surface area contributed by atoms with Crippen LogP contribution >= 0.6 is 11.3 Å². The number of hydrogen-bond acceptors (Lipinski definition) is 7. The van der Waals surface area contributed by atoms with Gasteiger partial charge in [0.2, 0.25) is 0 Å². The molecule has 0 saturated heterocycles. The Labute approximate surface area is 292 Å². The molecular weight excluding hydrogens is 635 g/mol. The van der Waals surface area contributed by atoms with E-state index in [1.165, 1.54) is 0 Å². The van der Waals surface area contributed by atoms with Crippen LogP contribution in [0.25, 0.3) is 88.2 Å². The number of rotatable bonds is 6. The lowest BCUT2D eigenvalue weighted by Gasteiger charge is -2.12. The van der Waals surface area contributed by atoms with Crippen LogP contribution in [-0.2, 0) is 0 Å². The third-order valence-corrected chi connectivity index (χ3v) is 9.82. The number of aromatic nitrogens is 5. The molecule has 9 aromatic rings. The minimum absolute atomic E-state index is 0.127. The molecule has 7 heteroatoms. The number of hydrogen-bond donors (Lipinski definition) is 1. The zero-order chi connectivity index (χ0) is 33.4. The fourth-order valence-corrected chi connectivity index (χ4v) is 7.34. The van der Waals surface area contributed by atoms with Gasteiger partial charge < -0.3 is 5.11 Å². The SMILES string of the molecule is Oc1cc(-c2nc(-c3ccccc3)nc(-c3ccccc3)n2)ccc1-c1cccc(-c2nc(-c3ccccc3)nc3c2sc2ccccc23)c1. The molecule has 0 atom stereocenters. The van der Waals surface area contributed by atoms with Crippen molar-refractivity contribution < 1.29 is 5.11 Å². The number of fused-ring (bicyclic) bond motifs is 3. The van der Waals surface area contributed by atoms with Crippen LogP contribution in [0.2, 0.25) is 0 Å². The second-order valence-electron chi connectivity index (χ2n) is 11.9. The maximum Gasteiger partial charge on any atom is 0.164 e. The van der Waals surface area contributed by atoms with E-state index in [2.05, 4.69) is 30.3 Å². The van der Waals surface area contributed by atoms with Gasteiger partial charge in [-0.1, -0.05) is 133 Å². The van der Waals surface area contributed by atoms with Crippen molar-refractivity contribution in [3.63, 3.8) is 0 Å². The summed E-state index contributed by atoms with van der Waals surface area (Å²) < 4.78 is 2.19. The Morgan fingerprint density at radius 1 is 0.400 bits per heavy atom. The van der Waals surface area contributed by atoms with E-state index >= 15 is 0 Å². The van der Waals surface area contributed by atoms with Gasteiger partial charge in [-0.05, 0) is 29.8 Å². The minimum Gasteiger partial charge on any atom is -0.507 e. The Kier molecular flexibility index (Phi) is 7.37. The Bertz CT molecular complexity index is 2600. The van der Waals surface area contributed by atoms with Crippen molar-refractivity contribution in [2.24, 2.45) is 0 Å². The molecule has 0 saturated carbocycles. The average molecular weight is 662 g/mol. The van der Waals surface area contributed by atoms with Crippen LogP contribution in [0.5, 0.6) is 5.75 Å². The van der Waals surface area contributed by atoms with E-state index in [0.717, 1.165) is 53.8 Å². The van der Waals surface area contributed by atoms with Crippen molar-refractivity contribution >= 4 is 31.6 Å². The van der Waals surface area contributed by atoms with E-state index in [4.69, 9.17) is 24.9 Å². The third-order valence-electron chi connectivity index (χ3n) is 8.65. The largest absolute Gasteiger partial charge is 0.507 e. The Morgan fingerprint density at radius 2 is 0.920 bits per heavy atom. The van der Waals surface area contributed by atoms with Crippen LogP contribution in [0, 0.1) is 0 Å². The molecule has 0 fully saturated rings. The molecule has 0 aliphatic rings. The second kappa shape index (κ2) is 12.5. The van der Waals surface area contributed by atoms with Gasteiger partial charge in [0.25, 0.3) is 0 Å². The Morgan fingerprint density at radius 3 is 1.54 bits per heavy atom. The monoisotopic (exact) mass is 661 g/mol. The Balaban J connectivity index is 1.14. The van der Waals surface area contributed by atoms with Gasteiger partial charge in [0, 0.05) is 43.5 Å². The van der Waals surface area contributed by atoms with Crippen molar-refractivity contribution in [2.75, 3.05) is 0 Å². The first-order chi connectivity index (χ1) is 24.7. The molecule has 1 N–H and O–H groups in total. The molecule has 6 aromatic carbocycles. The average Bonchev–Trinajstić information content (AvgIpc) is 3.57. The van der Waals surface area contributed by atoms with Crippen LogP contribution in [-0.4, -0.2) is 30.0 Å². The van der Waals surface area contributed by atoms with Gasteiger partial charge >= 0.3 is 0 Å². The highest BCUT2D eigenvalue weighted by Gasteiger charge is 2.18. The summed E-state index contributed by atoms with van der Waals surface area (Å²) in [5.74, 6) is 2.42. The van der Waals surface area contributed by atoms with Crippen LogP contribution in [0.3, 0.4) is 0 Å². The fourth-order valence-electron chi connectivity index (χ4n) is 6.19. The van der Waals surface area contributed by atoms with E-state index in [9.17, 15) is 5.11 Å². The number of phenols is 1. The van der Waals surface area contributed by atoms with Crippen molar-refractivity contribution in [3.05, 3.63) is 158 Å². The summed E-state index contributed by atoms with van der Waals surface area (Å²) in [4.78, 5) is 24.6. The van der Waals surface area contributed by atoms with Crippen LogP contribution in [0.15, 0.2) is 158 Å². The first-order valence-corrected chi connectivity index (χ1v) is 17.1. The van der Waals surface area contributed by atoms with Crippen molar-refractivity contribution in [1.82, 2.24) is 24.9 Å². The molecular formula is C43H27N5OS. The Hall–Kier alpha value is -6.57. The lowest BCUT2D eigenvalue weighted by atomic mass is 9.99. The van der Waals surface area contributed by atoms with Crippen LogP contribution in [0.1, 0.15) is 0 Å². The molecule has 0 spiro atoms. The summed E-state index contributed by atoms with van der Waals surface area (Å²) >= 11 is 1.70. The minimum atomic E-state index is 0.127. The molecule has 3 aromatic heterocycles. The first kappa shape index (κ1) is 29.6. The van der Waals surface area contributed by atoms with E-state index in [0.29, 0.717) is 34.4 Å². The highest BCUT2D eigenvalue weighted by atomic mass is 32.1. The predicted molar refractivity (Wildman–Crippen MR) is 203 cm³/mol. The normalized spacial score (nSPS) is 11.3. The van der Waals surface area contributed by atoms with Gasteiger partial charge in [0.1, 0.15) is 5.75 Å². The molecule has 50 heavy (non-hydrogen) atoms. The van der Waals surface area contributed by atoms with Gasteiger partial charge in [0.05, 0.1) is 15.9 Å². The van der Waals surface area contributed by atoms with Crippen molar-refractivity contribution in [1.29, 1.82) is 0 Å². The lowest BCUT2D eigenvalue weighted by molar-refractivity contribution is 0.477. The molecule has 0 amide bonds. The summed E-state index contributed by atoms with van der Waals surface area (Å²) in [7, 11) is 0. The summed E-state index contributed by atoms with van der Waals surface area (Å²) in [5.41, 5.74) is 7.73. The van der Waals surface area contributed by atoms with Crippen molar-refractivity contribution in [3.8, 4) is 73.7 Å². The summed E-state index contributed by atoms with van der Waals surface area (Å²) in [6.07, 6.45) is 0. The molecule has 0 aliphatic carbocycles. The van der Waals surface area contributed by atoms with Gasteiger partial charge in [-0.25, -0.2) is 24.9 Å². The molecule has 0 radical (unpaired) electrons. The zero-order valence-corrected chi connectivity index (χ0v) is 27.4. The highest BCUT2D eigenvalue weighted by molar-refractivity contribution is 7.26. The lowest BCUT2D eigenvalue weighted by Crippen LogP contribution is -2.00. The second-order valence-corrected chi connectivity index (χ2v) is 12.9. The van der Waals surface area contributed by atoms with E-state index < -0.39 is 0 Å². The van der Waals surface area contributed by atoms with Gasteiger partial charge in [-0.15, -0.1) is 11.3 Å². The van der Waals surface area contributed by atoms with Gasteiger partial charge in [-0.3, -0.25) is 0 Å². The van der Waals surface area contributed by atoms with E-state index in [-0.39, 0.29) is 5.75 Å². The van der Waals surface area contributed by atoms with Crippen molar-refractivity contribution in [2.45, 2.75) is 0 Å². The molecule has 236 valence electrons. The fraction of sp³-hybridized carbons (Fsp3) is 0. The summed E-state index contributed by atoms with van der Waals surface area (Å²) in [6, 6.07) is 51.9. The van der Waals surface area contributed by atoms with Gasteiger partial charge in [-0.2, -0.15) is 0 Å². The standard InChI is InChI=1S/C43H27N5OS/c49-35-26-32(43-47-41(28-15-6-2-7-16-28)46-42(48-43)29-17-8-3-9-18-29)23-24-33(35)30-19-12-20-31(25-30)37-39-38(34-21-10-11-22-36(34)50-39)45-40(44-37)27-13-4-1-5-14-27/h1-26,49H. The molecule has 0 aliphatic heterocycles. The van der Waals surface area contributed by atoms with Crippen LogP contribution in [0.4, 0.5) is 0 Å². The smallest absolute Gasteiger partial charge is 0.164 e. The quantitative estimate of drug-likeness (QED) is 0.191.